The van der Waals surface area contributed by atoms with Crippen molar-refractivity contribution in [2.45, 2.75) is 35.7 Å². The molecule has 23 heavy (non-hydrogen) atoms. The van der Waals surface area contributed by atoms with Gasteiger partial charge < -0.3 is 14.8 Å². The Hall–Kier alpha value is -1.15. The molecule has 0 amide bonds. The highest BCUT2D eigenvalue weighted by molar-refractivity contribution is 14.1. The standard InChI is InChI=1S/C17H22INO4/c1-16(2,18)15(21)22-12-14(20)23-17(8-10-19-11-9-17)13-6-4-3-5-7-13/h3-7,19H,8-12H2,1-2H3/p+1. The van der Waals surface area contributed by atoms with Gasteiger partial charge in [-0.1, -0.05) is 52.9 Å². The molecule has 0 atom stereocenters. The van der Waals surface area contributed by atoms with Gasteiger partial charge in [-0.3, -0.25) is 4.79 Å². The van der Waals surface area contributed by atoms with E-state index in [9.17, 15) is 9.59 Å². The van der Waals surface area contributed by atoms with E-state index in [1.807, 2.05) is 52.9 Å². The zero-order valence-electron chi connectivity index (χ0n) is 13.5. The molecule has 1 fully saturated rings. The van der Waals surface area contributed by atoms with Crippen LogP contribution in [0.5, 0.6) is 0 Å². The Balaban J connectivity index is 2.04. The lowest BCUT2D eigenvalue weighted by Gasteiger charge is -2.35. The molecule has 1 aliphatic heterocycles. The maximum absolute atomic E-state index is 12.2. The number of carbonyl (C=O) groups excluding carboxylic acids is 2. The van der Waals surface area contributed by atoms with Crippen molar-refractivity contribution in [3.8, 4) is 0 Å². The summed E-state index contributed by atoms with van der Waals surface area (Å²) in [6.45, 7) is 4.95. The second-order valence-electron chi connectivity index (χ2n) is 6.25. The second kappa shape index (κ2) is 7.61. The van der Waals surface area contributed by atoms with Crippen LogP contribution in [0, 0.1) is 0 Å². The Kier molecular flexibility index (Phi) is 6.02. The summed E-state index contributed by atoms with van der Waals surface area (Å²) in [6.07, 6.45) is 1.52. The molecule has 1 aromatic carbocycles. The first kappa shape index (κ1) is 18.2. The van der Waals surface area contributed by atoms with Gasteiger partial charge in [-0.15, -0.1) is 0 Å². The van der Waals surface area contributed by atoms with Crippen LogP contribution < -0.4 is 5.32 Å². The summed E-state index contributed by atoms with van der Waals surface area (Å²) in [4.78, 5) is 24.0. The Bertz CT molecular complexity index is 547. The van der Waals surface area contributed by atoms with Gasteiger partial charge in [0.2, 0.25) is 0 Å². The SMILES string of the molecule is CC(C)(I)C(=O)OCC(=O)OC1(c2ccccc2)CC[NH2+]CC1. The number of piperidine rings is 1. The number of nitrogens with two attached hydrogens (primary N) is 1. The van der Waals surface area contributed by atoms with Gasteiger partial charge in [0.25, 0.3) is 0 Å². The molecule has 0 radical (unpaired) electrons. The van der Waals surface area contributed by atoms with Crippen LogP contribution in [0.25, 0.3) is 0 Å². The minimum absolute atomic E-state index is 0.344. The number of benzene rings is 1. The number of esters is 2. The van der Waals surface area contributed by atoms with Gasteiger partial charge in [0.15, 0.2) is 6.61 Å². The number of ether oxygens (including phenoxy) is 2. The monoisotopic (exact) mass is 432 g/mol. The van der Waals surface area contributed by atoms with Gasteiger partial charge >= 0.3 is 11.9 Å². The van der Waals surface area contributed by atoms with Crippen LogP contribution in [0.4, 0.5) is 0 Å². The van der Waals surface area contributed by atoms with Crippen LogP contribution in [0.15, 0.2) is 30.3 Å². The third-order valence-electron chi connectivity index (χ3n) is 3.92. The average Bonchev–Trinajstić information content (AvgIpc) is 2.53. The first-order valence-electron chi connectivity index (χ1n) is 7.79. The lowest BCUT2D eigenvalue weighted by molar-refractivity contribution is -0.668. The molecule has 1 saturated heterocycles. The molecular weight excluding hydrogens is 409 g/mol. The van der Waals surface area contributed by atoms with Gasteiger partial charge in [0.1, 0.15) is 9.02 Å². The quantitative estimate of drug-likeness (QED) is 0.436. The van der Waals surface area contributed by atoms with Crippen molar-refractivity contribution in [3.05, 3.63) is 35.9 Å². The third-order valence-corrected chi connectivity index (χ3v) is 4.36. The fraction of sp³-hybridized carbons (Fsp3) is 0.529. The molecule has 5 nitrogen and oxygen atoms in total. The zero-order valence-corrected chi connectivity index (χ0v) is 15.7. The number of halogens is 1. The zero-order chi connectivity index (χ0) is 16.9. The number of hydrogen-bond acceptors (Lipinski definition) is 4. The first-order chi connectivity index (χ1) is 10.8. The first-order valence-corrected chi connectivity index (χ1v) is 8.86. The highest BCUT2D eigenvalue weighted by Gasteiger charge is 2.39. The van der Waals surface area contributed by atoms with Crippen LogP contribution in [0.2, 0.25) is 0 Å². The summed E-state index contributed by atoms with van der Waals surface area (Å²) in [6, 6.07) is 9.80. The predicted octanol–water partition coefficient (Wildman–Crippen LogP) is 1.54. The van der Waals surface area contributed by atoms with E-state index in [1.165, 1.54) is 0 Å². The predicted molar refractivity (Wildman–Crippen MR) is 94.2 cm³/mol. The number of rotatable bonds is 5. The van der Waals surface area contributed by atoms with E-state index >= 15 is 0 Å². The average molecular weight is 432 g/mol. The molecule has 126 valence electrons. The lowest BCUT2D eigenvalue weighted by atomic mass is 9.85. The van der Waals surface area contributed by atoms with Gasteiger partial charge in [0.05, 0.1) is 13.1 Å². The van der Waals surface area contributed by atoms with E-state index in [0.29, 0.717) is 0 Å². The summed E-state index contributed by atoms with van der Waals surface area (Å²) < 4.78 is 10.2. The van der Waals surface area contributed by atoms with Crippen molar-refractivity contribution >= 4 is 34.5 Å². The van der Waals surface area contributed by atoms with Crippen LogP contribution >= 0.6 is 22.6 Å². The van der Waals surface area contributed by atoms with Crippen molar-refractivity contribution in [3.63, 3.8) is 0 Å². The molecular formula is C17H23INO4+. The number of quaternary nitrogens is 1. The summed E-state index contributed by atoms with van der Waals surface area (Å²) >= 11 is 1.99. The molecule has 1 aliphatic rings. The van der Waals surface area contributed by atoms with E-state index < -0.39 is 21.0 Å². The van der Waals surface area contributed by atoms with Gasteiger partial charge in [-0.25, -0.2) is 4.79 Å². The van der Waals surface area contributed by atoms with Crippen molar-refractivity contribution < 1.29 is 24.4 Å². The number of alkyl halides is 1. The number of hydrogen-bond donors (Lipinski definition) is 1. The molecule has 0 spiro atoms. The van der Waals surface area contributed by atoms with Crippen molar-refractivity contribution in [1.82, 2.24) is 0 Å². The lowest BCUT2D eigenvalue weighted by Crippen LogP contribution is -2.87. The molecule has 6 heteroatoms. The normalized spacial score (nSPS) is 17.3. The molecule has 0 bridgehead atoms. The summed E-state index contributed by atoms with van der Waals surface area (Å²) in [7, 11) is 0. The molecule has 0 aliphatic carbocycles. The van der Waals surface area contributed by atoms with E-state index in [2.05, 4.69) is 5.32 Å². The van der Waals surface area contributed by atoms with Crippen LogP contribution in [-0.2, 0) is 24.7 Å². The Morgan fingerprint density at radius 2 is 1.83 bits per heavy atom. The fourth-order valence-electron chi connectivity index (χ4n) is 2.67. The molecule has 0 saturated carbocycles. The summed E-state index contributed by atoms with van der Waals surface area (Å²) in [5.41, 5.74) is 0.390. The third kappa shape index (κ3) is 4.91. The topological polar surface area (TPSA) is 69.2 Å². The van der Waals surface area contributed by atoms with Crippen LogP contribution in [-0.4, -0.2) is 35.1 Å². The highest BCUT2D eigenvalue weighted by Crippen LogP contribution is 2.33. The van der Waals surface area contributed by atoms with Crippen LogP contribution in [0.3, 0.4) is 0 Å². The Morgan fingerprint density at radius 1 is 1.22 bits per heavy atom. The summed E-state index contributed by atoms with van der Waals surface area (Å²) in [5, 5.41) is 2.22. The van der Waals surface area contributed by atoms with Crippen molar-refractivity contribution in [1.29, 1.82) is 0 Å². The molecule has 1 aromatic rings. The fourth-order valence-corrected chi connectivity index (χ4v) is 2.83. The van der Waals surface area contributed by atoms with E-state index in [4.69, 9.17) is 9.47 Å². The second-order valence-corrected chi connectivity index (χ2v) is 8.95. The van der Waals surface area contributed by atoms with Crippen molar-refractivity contribution in [2.75, 3.05) is 19.7 Å². The maximum Gasteiger partial charge on any atom is 0.345 e. The maximum atomic E-state index is 12.2. The van der Waals surface area contributed by atoms with Gasteiger partial charge in [-0.2, -0.15) is 0 Å². The minimum Gasteiger partial charge on any atom is -0.453 e. The highest BCUT2D eigenvalue weighted by atomic mass is 127. The molecule has 0 unspecified atom stereocenters. The molecule has 2 rings (SSSR count). The Morgan fingerprint density at radius 3 is 2.39 bits per heavy atom. The molecule has 0 aromatic heterocycles. The minimum atomic E-state index is -0.658. The van der Waals surface area contributed by atoms with Gasteiger partial charge in [-0.05, 0) is 19.4 Å². The smallest absolute Gasteiger partial charge is 0.345 e. The molecule has 2 N–H and O–H groups in total. The summed E-state index contributed by atoms with van der Waals surface area (Å²) in [5.74, 6) is -0.912. The number of carbonyl (C=O) groups is 2. The largest absolute Gasteiger partial charge is 0.453 e. The van der Waals surface area contributed by atoms with E-state index in [0.717, 1.165) is 31.5 Å². The van der Waals surface area contributed by atoms with E-state index in [1.54, 1.807) is 13.8 Å². The van der Waals surface area contributed by atoms with Crippen molar-refractivity contribution in [2.24, 2.45) is 0 Å². The Labute approximate surface area is 150 Å². The molecule has 1 heterocycles. The van der Waals surface area contributed by atoms with Gasteiger partial charge in [0, 0.05) is 12.8 Å². The van der Waals surface area contributed by atoms with E-state index in [-0.39, 0.29) is 6.61 Å². The van der Waals surface area contributed by atoms with Crippen LogP contribution in [0.1, 0.15) is 32.3 Å².